The molecule has 0 bridgehead atoms. The van der Waals surface area contributed by atoms with E-state index in [1.807, 2.05) is 0 Å². The van der Waals surface area contributed by atoms with Gasteiger partial charge in [-0.25, -0.2) is 4.98 Å². The molecule has 0 aliphatic rings. The molecule has 2 aromatic rings. The zero-order valence-corrected chi connectivity index (χ0v) is 15.9. The first-order valence-electron chi connectivity index (χ1n) is 7.34. The molecule has 6 nitrogen and oxygen atoms in total. The van der Waals surface area contributed by atoms with Gasteiger partial charge in [-0.3, -0.25) is 4.57 Å². The van der Waals surface area contributed by atoms with E-state index in [4.69, 9.17) is 14.3 Å². The number of hydrogen-bond acceptors (Lipinski definition) is 6. The number of halogens is 3. The van der Waals surface area contributed by atoms with Gasteiger partial charge in [0.2, 0.25) is 0 Å². The van der Waals surface area contributed by atoms with Gasteiger partial charge in [0.15, 0.2) is 0 Å². The topological polar surface area (TPSA) is 81.0 Å². The Morgan fingerprint density at radius 1 is 1.32 bits per heavy atom. The van der Waals surface area contributed by atoms with E-state index in [0.717, 1.165) is 12.3 Å². The molecule has 25 heavy (non-hydrogen) atoms. The molecule has 0 radical (unpaired) electrons. The number of hydrogen-bond donors (Lipinski definition) is 1. The monoisotopic (exact) mass is 436 g/mol. The van der Waals surface area contributed by atoms with Gasteiger partial charge in [0.05, 0.1) is 30.6 Å². The van der Waals surface area contributed by atoms with E-state index in [2.05, 4.69) is 26.1 Å². The normalized spacial score (nSPS) is 13.0. The number of rotatable bonds is 7. The fraction of sp³-hybridized carbons (Fsp3) is 0.333. The molecule has 1 N–H and O–H groups in total. The van der Waals surface area contributed by atoms with Crippen LogP contribution in [-0.4, -0.2) is 29.6 Å². The highest BCUT2D eigenvalue weighted by Gasteiger charge is 2.55. The highest BCUT2D eigenvalue weighted by Crippen LogP contribution is 2.67. The van der Waals surface area contributed by atoms with Crippen LogP contribution >= 0.6 is 23.5 Å². The first-order valence-corrected chi connectivity index (χ1v) is 9.67. The third kappa shape index (κ3) is 3.89. The molecule has 0 atom stereocenters. The van der Waals surface area contributed by atoms with Gasteiger partial charge in [0, 0.05) is 15.4 Å². The summed E-state index contributed by atoms with van der Waals surface area (Å²) in [7, 11) is -4.73. The Bertz CT molecular complexity index is 838. The second-order valence-corrected chi connectivity index (χ2v) is 7.81. The van der Waals surface area contributed by atoms with Crippen molar-refractivity contribution in [3.63, 3.8) is 0 Å². The van der Waals surface area contributed by atoms with Crippen LogP contribution in [0.25, 0.3) is 10.9 Å². The predicted octanol–water partition coefficient (Wildman–Crippen LogP) is 5.12. The molecule has 1 aromatic heterocycles. The van der Waals surface area contributed by atoms with Crippen molar-refractivity contribution in [3.8, 4) is 0 Å². The van der Waals surface area contributed by atoms with Crippen molar-refractivity contribution in [1.82, 2.24) is 4.98 Å². The molecule has 10 heteroatoms. The maximum absolute atomic E-state index is 15.0. The number of nitrogens with zero attached hydrogens (tertiary/aromatic N) is 2. The summed E-state index contributed by atoms with van der Waals surface area (Å²) in [6.07, 6.45) is 1.07. The zero-order chi connectivity index (χ0) is 18.7. The van der Waals surface area contributed by atoms with Crippen LogP contribution in [0.5, 0.6) is 0 Å². The number of oxime groups is 1. The average Bonchev–Trinajstić information content (AvgIpc) is 2.55. The highest BCUT2D eigenvalue weighted by atomic mass is 79.9. The van der Waals surface area contributed by atoms with E-state index >= 15 is 0 Å². The van der Waals surface area contributed by atoms with E-state index in [1.165, 1.54) is 19.9 Å². The van der Waals surface area contributed by atoms with Gasteiger partial charge in [-0.15, -0.1) is 0 Å². The van der Waals surface area contributed by atoms with Crippen LogP contribution in [0.15, 0.2) is 33.9 Å². The molecule has 136 valence electrons. The van der Waals surface area contributed by atoms with Gasteiger partial charge in [-0.1, -0.05) is 27.2 Å². The van der Waals surface area contributed by atoms with Gasteiger partial charge in [-0.05, 0) is 32.0 Å². The minimum Gasteiger partial charge on any atom is -0.411 e. The Morgan fingerprint density at radius 3 is 2.52 bits per heavy atom. The number of alkyl halides is 2. The van der Waals surface area contributed by atoms with Gasteiger partial charge in [-0.2, -0.15) is 8.78 Å². The third-order valence-electron chi connectivity index (χ3n) is 3.26. The first-order chi connectivity index (χ1) is 11.8. The van der Waals surface area contributed by atoms with E-state index in [-0.39, 0.29) is 28.9 Å². The Balaban J connectivity index is 2.64. The fourth-order valence-corrected chi connectivity index (χ4v) is 4.53. The number of fused-ring (bicyclic) bond motifs is 1. The maximum Gasteiger partial charge on any atom is 0.404 e. The van der Waals surface area contributed by atoms with Crippen molar-refractivity contribution in [1.29, 1.82) is 0 Å². The van der Waals surface area contributed by atoms with Crippen LogP contribution in [0.1, 0.15) is 25.1 Å². The number of aromatic nitrogens is 1. The second-order valence-electron chi connectivity index (χ2n) is 4.88. The molecule has 0 fully saturated rings. The molecule has 1 heterocycles. The van der Waals surface area contributed by atoms with Crippen molar-refractivity contribution >= 4 is 40.6 Å². The molecule has 0 spiro atoms. The summed E-state index contributed by atoms with van der Waals surface area (Å²) in [5.41, 5.74) is -3.94. The Hall–Kier alpha value is -1.41. The molecule has 2 rings (SSSR count). The summed E-state index contributed by atoms with van der Waals surface area (Å²) >= 11 is 3.09. The van der Waals surface area contributed by atoms with Crippen molar-refractivity contribution in [3.05, 3.63) is 40.0 Å². The van der Waals surface area contributed by atoms with Crippen molar-refractivity contribution in [2.75, 3.05) is 13.2 Å². The first kappa shape index (κ1) is 19.9. The summed E-state index contributed by atoms with van der Waals surface area (Å²) < 4.78 is 52.2. The average molecular weight is 437 g/mol. The van der Waals surface area contributed by atoms with E-state index in [9.17, 15) is 13.3 Å². The van der Waals surface area contributed by atoms with Crippen LogP contribution in [0.3, 0.4) is 0 Å². The van der Waals surface area contributed by atoms with Crippen molar-refractivity contribution in [2.45, 2.75) is 19.5 Å². The van der Waals surface area contributed by atoms with Crippen molar-refractivity contribution < 1.29 is 27.6 Å². The van der Waals surface area contributed by atoms with Crippen molar-refractivity contribution in [2.24, 2.45) is 5.16 Å². The van der Waals surface area contributed by atoms with E-state index in [0.29, 0.717) is 5.39 Å². The molecule has 0 saturated carbocycles. The minimum atomic E-state index is -4.73. The summed E-state index contributed by atoms with van der Waals surface area (Å²) in [5, 5.41) is 12.0. The maximum atomic E-state index is 15.0. The fourth-order valence-electron chi connectivity index (χ4n) is 2.21. The Kier molecular flexibility index (Phi) is 6.26. The molecule has 0 unspecified atom stereocenters. The predicted molar refractivity (Wildman–Crippen MR) is 93.6 cm³/mol. The smallest absolute Gasteiger partial charge is 0.404 e. The summed E-state index contributed by atoms with van der Waals surface area (Å²) in [6, 6.07) is 5.75. The summed E-state index contributed by atoms with van der Waals surface area (Å²) in [5.74, 6) is 0. The van der Waals surface area contributed by atoms with Gasteiger partial charge >= 0.3 is 13.3 Å². The number of pyridine rings is 1. The van der Waals surface area contributed by atoms with Crippen LogP contribution < -0.4 is 0 Å². The standard InChI is InChI=1S/C15H16BrF2N2O4P/c1-3-23-25(22,24-4-2)15(17,18)12-8-14-10(7-13(12)16)5-6-11(20-14)9-19-21/h5-9,21H,3-4H2,1-2H3. The lowest BCUT2D eigenvalue weighted by Crippen LogP contribution is -2.19. The van der Waals surface area contributed by atoms with Crippen LogP contribution in [0, 0.1) is 0 Å². The van der Waals surface area contributed by atoms with Gasteiger partial charge < -0.3 is 14.3 Å². The summed E-state index contributed by atoms with van der Waals surface area (Å²) in [4.78, 5) is 4.12. The third-order valence-corrected chi connectivity index (χ3v) is 6.04. The SMILES string of the molecule is CCOP(=O)(OCC)C(F)(F)c1cc2nc(C=NO)ccc2cc1Br. The van der Waals surface area contributed by atoms with E-state index < -0.39 is 18.8 Å². The molecule has 0 amide bonds. The second kappa shape index (κ2) is 7.86. The molecule has 0 aliphatic heterocycles. The minimum absolute atomic E-state index is 0.0509. The van der Waals surface area contributed by atoms with E-state index in [1.54, 1.807) is 12.1 Å². The molecular weight excluding hydrogens is 421 g/mol. The molecule has 0 saturated heterocycles. The zero-order valence-electron chi connectivity index (χ0n) is 13.4. The quantitative estimate of drug-likeness (QED) is 0.282. The van der Waals surface area contributed by atoms with Gasteiger partial charge in [0.25, 0.3) is 0 Å². The molecular formula is C15H16BrF2N2O4P. The summed E-state index contributed by atoms with van der Waals surface area (Å²) in [6.45, 7) is 2.54. The number of benzene rings is 1. The Morgan fingerprint density at radius 2 is 1.96 bits per heavy atom. The van der Waals surface area contributed by atoms with Crippen LogP contribution in [0.4, 0.5) is 8.78 Å². The lowest BCUT2D eigenvalue weighted by molar-refractivity contribution is 0.0355. The van der Waals surface area contributed by atoms with Crippen LogP contribution in [-0.2, 0) is 19.3 Å². The molecule has 0 aliphatic carbocycles. The molecule has 1 aromatic carbocycles. The largest absolute Gasteiger partial charge is 0.411 e. The van der Waals surface area contributed by atoms with Gasteiger partial charge in [0.1, 0.15) is 0 Å². The lowest BCUT2D eigenvalue weighted by Gasteiger charge is -2.26. The van der Waals surface area contributed by atoms with Crippen LogP contribution in [0.2, 0.25) is 0 Å². The Labute approximate surface area is 151 Å². The lowest BCUT2D eigenvalue weighted by atomic mass is 10.1. The highest BCUT2D eigenvalue weighted by molar-refractivity contribution is 9.10.